The lowest BCUT2D eigenvalue weighted by atomic mass is 10.0. The Bertz CT molecular complexity index is 1370. The molecule has 1 amide bonds. The molecule has 0 bridgehead atoms. The van der Waals surface area contributed by atoms with E-state index in [-0.39, 0.29) is 23.4 Å². The number of aromatic carboxylic acids is 1. The molecule has 2 aromatic carbocycles. The summed E-state index contributed by atoms with van der Waals surface area (Å²) in [5.41, 5.74) is 1.65. The van der Waals surface area contributed by atoms with E-state index >= 15 is 0 Å². The Kier molecular flexibility index (Phi) is 5.87. The number of nitrogens with zero attached hydrogens (tertiary/aromatic N) is 2. The first kappa shape index (κ1) is 21.5. The van der Waals surface area contributed by atoms with E-state index in [1.165, 1.54) is 9.95 Å². The summed E-state index contributed by atoms with van der Waals surface area (Å²) in [5, 5.41) is 13.8. The van der Waals surface area contributed by atoms with E-state index in [9.17, 15) is 19.5 Å². The average Bonchev–Trinajstić information content (AvgIpc) is 3.21. The fourth-order valence-electron chi connectivity index (χ4n) is 3.58. The molecule has 2 aromatic heterocycles. The van der Waals surface area contributed by atoms with Gasteiger partial charge in [0.25, 0.3) is 5.56 Å². The van der Waals surface area contributed by atoms with E-state index in [1.54, 1.807) is 12.1 Å². The van der Waals surface area contributed by atoms with Gasteiger partial charge in [-0.25, -0.2) is 9.78 Å². The monoisotopic (exact) mass is 447 g/mol. The Morgan fingerprint density at radius 3 is 2.47 bits per heavy atom. The Labute approximate surface area is 188 Å². The number of carbonyl (C=O) groups excluding carboxylic acids is 1. The molecule has 4 rings (SSSR count). The van der Waals surface area contributed by atoms with E-state index in [2.05, 4.69) is 10.3 Å². The largest absolute Gasteiger partial charge is 0.478 e. The second kappa shape index (κ2) is 8.76. The van der Waals surface area contributed by atoms with Gasteiger partial charge >= 0.3 is 5.97 Å². The lowest BCUT2D eigenvalue weighted by molar-refractivity contribution is -0.116. The van der Waals surface area contributed by atoms with E-state index in [1.807, 2.05) is 56.3 Å². The van der Waals surface area contributed by atoms with Crippen LogP contribution in [0.15, 0.2) is 64.8 Å². The Morgan fingerprint density at radius 1 is 1.09 bits per heavy atom. The van der Waals surface area contributed by atoms with Gasteiger partial charge in [0, 0.05) is 16.6 Å². The van der Waals surface area contributed by atoms with Crippen molar-refractivity contribution in [2.24, 2.45) is 0 Å². The SMILES string of the molecule is CC(C)c1ccccc1NC(=O)Cn1c(-c2ccccc2)nc2scc(C(=O)O)c2c1=O. The fraction of sp³-hybridized carbons (Fsp3) is 0.167. The van der Waals surface area contributed by atoms with Crippen molar-refractivity contribution in [2.45, 2.75) is 26.3 Å². The van der Waals surface area contributed by atoms with Crippen LogP contribution in [0.25, 0.3) is 21.6 Å². The highest BCUT2D eigenvalue weighted by Crippen LogP contribution is 2.26. The smallest absolute Gasteiger partial charge is 0.337 e. The van der Waals surface area contributed by atoms with Crippen LogP contribution in [0.1, 0.15) is 35.7 Å². The van der Waals surface area contributed by atoms with E-state index < -0.39 is 17.4 Å². The number of benzene rings is 2. The molecule has 0 saturated carbocycles. The molecule has 2 heterocycles. The predicted octanol–water partition coefficient (Wildman–Crippen LogP) is 4.59. The predicted molar refractivity (Wildman–Crippen MR) is 125 cm³/mol. The number of fused-ring (bicyclic) bond motifs is 1. The van der Waals surface area contributed by atoms with Crippen LogP contribution in [0.4, 0.5) is 5.69 Å². The van der Waals surface area contributed by atoms with Crippen molar-refractivity contribution in [3.05, 3.63) is 81.5 Å². The van der Waals surface area contributed by atoms with Crippen molar-refractivity contribution < 1.29 is 14.7 Å². The molecule has 0 saturated heterocycles. The number of hydrogen-bond donors (Lipinski definition) is 2. The maximum absolute atomic E-state index is 13.4. The molecule has 162 valence electrons. The zero-order valence-electron chi connectivity index (χ0n) is 17.5. The topological polar surface area (TPSA) is 101 Å². The number of carboxylic acid groups (broad SMARTS) is 1. The highest BCUT2D eigenvalue weighted by atomic mass is 32.1. The first-order valence-corrected chi connectivity index (χ1v) is 10.9. The quantitative estimate of drug-likeness (QED) is 0.450. The summed E-state index contributed by atoms with van der Waals surface area (Å²) in [6, 6.07) is 16.6. The van der Waals surface area contributed by atoms with Gasteiger partial charge in [-0.15, -0.1) is 11.3 Å². The summed E-state index contributed by atoms with van der Waals surface area (Å²) < 4.78 is 1.24. The average molecular weight is 448 g/mol. The minimum atomic E-state index is -1.20. The molecule has 2 N–H and O–H groups in total. The second-order valence-electron chi connectivity index (χ2n) is 7.62. The molecule has 0 spiro atoms. The number of aromatic nitrogens is 2. The Balaban J connectivity index is 1.81. The molecule has 0 aliphatic carbocycles. The van der Waals surface area contributed by atoms with Crippen molar-refractivity contribution >= 4 is 39.1 Å². The van der Waals surface area contributed by atoms with Crippen molar-refractivity contribution in [3.63, 3.8) is 0 Å². The minimum Gasteiger partial charge on any atom is -0.478 e. The zero-order chi connectivity index (χ0) is 22.8. The van der Waals surface area contributed by atoms with Crippen LogP contribution in [-0.2, 0) is 11.3 Å². The van der Waals surface area contributed by atoms with Crippen LogP contribution in [0, 0.1) is 0 Å². The van der Waals surface area contributed by atoms with Crippen molar-refractivity contribution in [1.82, 2.24) is 9.55 Å². The Morgan fingerprint density at radius 2 is 1.78 bits per heavy atom. The van der Waals surface area contributed by atoms with E-state index in [0.717, 1.165) is 16.9 Å². The lowest BCUT2D eigenvalue weighted by Gasteiger charge is -2.16. The highest BCUT2D eigenvalue weighted by molar-refractivity contribution is 7.17. The van der Waals surface area contributed by atoms with Crippen LogP contribution in [0.3, 0.4) is 0 Å². The van der Waals surface area contributed by atoms with Gasteiger partial charge in [-0.2, -0.15) is 0 Å². The highest BCUT2D eigenvalue weighted by Gasteiger charge is 2.22. The number of carbonyl (C=O) groups is 2. The molecular weight excluding hydrogens is 426 g/mol. The number of thiophene rings is 1. The molecule has 4 aromatic rings. The van der Waals surface area contributed by atoms with Gasteiger partial charge < -0.3 is 10.4 Å². The number of anilines is 1. The number of para-hydroxylation sites is 1. The normalized spacial score (nSPS) is 11.1. The van der Waals surface area contributed by atoms with Crippen LogP contribution >= 0.6 is 11.3 Å². The maximum atomic E-state index is 13.4. The molecule has 7 nitrogen and oxygen atoms in total. The summed E-state index contributed by atoms with van der Waals surface area (Å²) in [6.45, 7) is 3.77. The van der Waals surface area contributed by atoms with Gasteiger partial charge in [0.1, 0.15) is 17.2 Å². The molecule has 0 aliphatic rings. The van der Waals surface area contributed by atoms with Crippen LogP contribution < -0.4 is 10.9 Å². The molecule has 8 heteroatoms. The molecule has 0 aliphatic heterocycles. The van der Waals surface area contributed by atoms with Crippen molar-refractivity contribution in [2.75, 3.05) is 5.32 Å². The third-order valence-corrected chi connectivity index (χ3v) is 5.99. The molecule has 32 heavy (non-hydrogen) atoms. The maximum Gasteiger partial charge on any atom is 0.337 e. The van der Waals surface area contributed by atoms with Crippen molar-refractivity contribution in [3.8, 4) is 11.4 Å². The molecule has 0 radical (unpaired) electrons. The molecule has 0 atom stereocenters. The van der Waals surface area contributed by atoms with Gasteiger partial charge in [0.15, 0.2) is 0 Å². The number of hydrogen-bond acceptors (Lipinski definition) is 5. The summed E-state index contributed by atoms with van der Waals surface area (Å²) in [6.07, 6.45) is 0. The summed E-state index contributed by atoms with van der Waals surface area (Å²) in [5.74, 6) is -1.08. The number of carboxylic acids is 1. The van der Waals surface area contributed by atoms with E-state index in [4.69, 9.17) is 0 Å². The molecule has 0 fully saturated rings. The van der Waals surface area contributed by atoms with Crippen LogP contribution in [0.5, 0.6) is 0 Å². The number of amides is 1. The number of rotatable bonds is 6. The van der Waals surface area contributed by atoms with E-state index in [0.29, 0.717) is 21.9 Å². The third-order valence-electron chi connectivity index (χ3n) is 5.11. The zero-order valence-corrected chi connectivity index (χ0v) is 18.3. The molecule has 0 unspecified atom stereocenters. The Hall–Kier alpha value is -3.78. The van der Waals surface area contributed by atoms with Gasteiger partial charge in [-0.3, -0.25) is 14.2 Å². The lowest BCUT2D eigenvalue weighted by Crippen LogP contribution is -2.30. The minimum absolute atomic E-state index is 0.0116. The van der Waals surface area contributed by atoms with Crippen molar-refractivity contribution in [1.29, 1.82) is 0 Å². The first-order chi connectivity index (χ1) is 15.4. The molecular formula is C24H21N3O4S. The summed E-state index contributed by atoms with van der Waals surface area (Å²) in [4.78, 5) is 42.8. The van der Waals surface area contributed by atoms with Gasteiger partial charge in [0.05, 0.1) is 10.9 Å². The van der Waals surface area contributed by atoms with Gasteiger partial charge in [0.2, 0.25) is 5.91 Å². The summed E-state index contributed by atoms with van der Waals surface area (Å²) in [7, 11) is 0. The standard InChI is InChI=1S/C24H21N3O4S/c1-14(2)16-10-6-7-11-18(16)25-19(28)12-27-21(15-8-4-3-5-9-15)26-22-20(23(27)29)17(13-32-22)24(30)31/h3-11,13-14H,12H2,1-2H3,(H,25,28)(H,30,31). The third kappa shape index (κ3) is 4.04. The van der Waals surface area contributed by atoms with Gasteiger partial charge in [-0.05, 0) is 17.5 Å². The summed E-state index contributed by atoms with van der Waals surface area (Å²) >= 11 is 1.09. The first-order valence-electron chi connectivity index (χ1n) is 10.1. The van der Waals surface area contributed by atoms with Gasteiger partial charge in [-0.1, -0.05) is 62.4 Å². The number of nitrogens with one attached hydrogen (secondary N) is 1. The fourth-order valence-corrected chi connectivity index (χ4v) is 4.49. The van der Waals surface area contributed by atoms with Crippen LogP contribution in [0.2, 0.25) is 0 Å². The second-order valence-corrected chi connectivity index (χ2v) is 8.48. The van der Waals surface area contributed by atoms with Crippen LogP contribution in [-0.4, -0.2) is 26.5 Å².